The molecule has 4 nitrogen and oxygen atoms in total. The molecule has 0 heterocycles. The third-order valence-corrected chi connectivity index (χ3v) is 3.47. The summed E-state index contributed by atoms with van der Waals surface area (Å²) in [7, 11) is 0. The normalized spacial score (nSPS) is 10.5. The molecule has 0 saturated heterocycles. The molecule has 0 aromatic heterocycles. The van der Waals surface area contributed by atoms with Crippen molar-refractivity contribution >= 4 is 45.6 Å². The van der Waals surface area contributed by atoms with Gasteiger partial charge in [0.1, 0.15) is 0 Å². The number of esters is 1. The fourth-order valence-electron chi connectivity index (χ4n) is 1.77. The minimum atomic E-state index is -0.363. The van der Waals surface area contributed by atoms with E-state index >= 15 is 0 Å². The number of anilines is 3. The van der Waals surface area contributed by atoms with Crippen molar-refractivity contribution in [2.45, 2.75) is 20.0 Å². The van der Waals surface area contributed by atoms with E-state index in [0.29, 0.717) is 11.3 Å². The van der Waals surface area contributed by atoms with Crippen LogP contribution in [-0.4, -0.2) is 12.1 Å². The third kappa shape index (κ3) is 4.35. The Hall–Kier alpha value is -1.76. The highest BCUT2D eigenvalue weighted by Crippen LogP contribution is 2.25. The van der Waals surface area contributed by atoms with Gasteiger partial charge in [-0.05, 0) is 78.9 Å². The minimum Gasteiger partial charge on any atom is -0.459 e. The van der Waals surface area contributed by atoms with Crippen LogP contribution in [0.1, 0.15) is 24.2 Å². The summed E-state index contributed by atoms with van der Waals surface area (Å²) in [4.78, 5) is 11.8. The lowest BCUT2D eigenvalue weighted by atomic mass is 10.1. The van der Waals surface area contributed by atoms with E-state index in [2.05, 4.69) is 27.9 Å². The van der Waals surface area contributed by atoms with E-state index < -0.39 is 0 Å². The van der Waals surface area contributed by atoms with Crippen LogP contribution < -0.4 is 11.1 Å². The molecule has 0 aliphatic carbocycles. The molecule has 0 unspecified atom stereocenters. The zero-order valence-electron chi connectivity index (χ0n) is 11.9. The standard InChI is InChI=1S/C16H17IN2O2/c1-10(2)21-16(20)11-3-8-15(14(18)9-11)19-13-6-4-12(17)5-7-13/h3-10,19H,18H2,1-2H3. The van der Waals surface area contributed by atoms with Crippen LogP contribution in [0.4, 0.5) is 17.1 Å². The van der Waals surface area contributed by atoms with Gasteiger partial charge in [0, 0.05) is 9.26 Å². The number of benzene rings is 2. The molecule has 21 heavy (non-hydrogen) atoms. The monoisotopic (exact) mass is 396 g/mol. The van der Waals surface area contributed by atoms with Gasteiger partial charge in [-0.3, -0.25) is 0 Å². The van der Waals surface area contributed by atoms with Gasteiger partial charge in [0.05, 0.1) is 23.0 Å². The number of hydrogen-bond donors (Lipinski definition) is 2. The van der Waals surface area contributed by atoms with E-state index in [4.69, 9.17) is 10.5 Å². The van der Waals surface area contributed by atoms with Crippen LogP contribution in [0.5, 0.6) is 0 Å². The summed E-state index contributed by atoms with van der Waals surface area (Å²) in [5.74, 6) is -0.363. The van der Waals surface area contributed by atoms with Gasteiger partial charge in [-0.2, -0.15) is 0 Å². The highest BCUT2D eigenvalue weighted by Gasteiger charge is 2.11. The molecule has 0 radical (unpaired) electrons. The summed E-state index contributed by atoms with van der Waals surface area (Å²) in [5, 5.41) is 3.23. The summed E-state index contributed by atoms with van der Waals surface area (Å²) in [5.41, 5.74) is 8.66. The summed E-state index contributed by atoms with van der Waals surface area (Å²) in [6.07, 6.45) is -0.150. The second-order valence-corrected chi connectivity index (χ2v) is 6.13. The maximum absolute atomic E-state index is 11.8. The van der Waals surface area contributed by atoms with E-state index in [0.717, 1.165) is 14.9 Å². The van der Waals surface area contributed by atoms with Gasteiger partial charge in [0.2, 0.25) is 0 Å². The molecule has 110 valence electrons. The van der Waals surface area contributed by atoms with Crippen molar-refractivity contribution in [2.75, 3.05) is 11.1 Å². The molecule has 2 aromatic rings. The van der Waals surface area contributed by atoms with Crippen molar-refractivity contribution in [1.29, 1.82) is 0 Å². The summed E-state index contributed by atoms with van der Waals surface area (Å²) < 4.78 is 6.31. The maximum atomic E-state index is 11.8. The van der Waals surface area contributed by atoms with Crippen molar-refractivity contribution in [2.24, 2.45) is 0 Å². The van der Waals surface area contributed by atoms with E-state index in [1.165, 1.54) is 0 Å². The van der Waals surface area contributed by atoms with E-state index in [9.17, 15) is 4.79 Å². The molecule has 0 bridgehead atoms. The summed E-state index contributed by atoms with van der Waals surface area (Å²) in [6.45, 7) is 3.63. The van der Waals surface area contributed by atoms with Gasteiger partial charge in [-0.1, -0.05) is 0 Å². The maximum Gasteiger partial charge on any atom is 0.338 e. The number of halogens is 1. The smallest absolute Gasteiger partial charge is 0.338 e. The molecular formula is C16H17IN2O2. The topological polar surface area (TPSA) is 64.3 Å². The summed E-state index contributed by atoms with van der Waals surface area (Å²) in [6, 6.07) is 13.1. The number of nitrogens with two attached hydrogens (primary N) is 1. The Morgan fingerprint density at radius 1 is 1.19 bits per heavy atom. The quantitative estimate of drug-likeness (QED) is 0.462. The molecular weight excluding hydrogens is 379 g/mol. The zero-order valence-corrected chi connectivity index (χ0v) is 14.0. The molecule has 0 aliphatic heterocycles. The number of carbonyl (C=O) groups excluding carboxylic acids is 1. The van der Waals surface area contributed by atoms with E-state index in [1.807, 2.05) is 38.1 Å². The van der Waals surface area contributed by atoms with Crippen LogP contribution in [0.2, 0.25) is 0 Å². The lowest BCUT2D eigenvalue weighted by Gasteiger charge is -2.12. The Morgan fingerprint density at radius 3 is 2.43 bits per heavy atom. The Labute approximate surface area is 137 Å². The number of carbonyl (C=O) groups is 1. The van der Waals surface area contributed by atoms with Crippen LogP contribution in [0, 0.1) is 3.57 Å². The van der Waals surface area contributed by atoms with Crippen molar-refractivity contribution in [1.82, 2.24) is 0 Å². The zero-order chi connectivity index (χ0) is 15.4. The second kappa shape index (κ2) is 6.80. The Balaban J connectivity index is 2.15. The molecule has 2 rings (SSSR count). The predicted octanol–water partition coefficient (Wildman–Crippen LogP) is 4.18. The first-order valence-corrected chi connectivity index (χ1v) is 7.66. The molecule has 0 saturated carbocycles. The molecule has 2 aromatic carbocycles. The Kier molecular flexibility index (Phi) is 5.06. The second-order valence-electron chi connectivity index (χ2n) is 4.89. The molecule has 0 spiro atoms. The predicted molar refractivity (Wildman–Crippen MR) is 93.8 cm³/mol. The molecule has 0 amide bonds. The number of ether oxygens (including phenoxy) is 1. The first-order chi connectivity index (χ1) is 9.95. The van der Waals surface area contributed by atoms with E-state index in [-0.39, 0.29) is 12.1 Å². The van der Waals surface area contributed by atoms with E-state index in [1.54, 1.807) is 18.2 Å². The van der Waals surface area contributed by atoms with Gasteiger partial charge in [0.25, 0.3) is 0 Å². The van der Waals surface area contributed by atoms with Crippen molar-refractivity contribution in [3.63, 3.8) is 0 Å². The number of nitrogen functional groups attached to an aromatic ring is 1. The van der Waals surface area contributed by atoms with Crippen LogP contribution >= 0.6 is 22.6 Å². The highest BCUT2D eigenvalue weighted by atomic mass is 127. The Bertz CT molecular complexity index is 639. The average molecular weight is 396 g/mol. The number of hydrogen-bond acceptors (Lipinski definition) is 4. The first kappa shape index (κ1) is 15.6. The minimum absolute atomic E-state index is 0.150. The fraction of sp³-hybridized carbons (Fsp3) is 0.188. The molecule has 0 aliphatic rings. The first-order valence-electron chi connectivity index (χ1n) is 6.59. The Morgan fingerprint density at radius 2 is 1.86 bits per heavy atom. The summed E-state index contributed by atoms with van der Waals surface area (Å²) >= 11 is 2.25. The van der Waals surface area contributed by atoms with Crippen LogP contribution in [0.15, 0.2) is 42.5 Å². The van der Waals surface area contributed by atoms with Crippen LogP contribution in [-0.2, 0) is 4.74 Å². The van der Waals surface area contributed by atoms with Crippen molar-refractivity contribution in [3.8, 4) is 0 Å². The molecule has 0 atom stereocenters. The molecule has 3 N–H and O–H groups in total. The lowest BCUT2D eigenvalue weighted by Crippen LogP contribution is -2.12. The highest BCUT2D eigenvalue weighted by molar-refractivity contribution is 14.1. The largest absolute Gasteiger partial charge is 0.459 e. The number of rotatable bonds is 4. The van der Waals surface area contributed by atoms with Gasteiger partial charge >= 0.3 is 5.97 Å². The number of nitrogens with one attached hydrogen (secondary N) is 1. The molecule has 5 heteroatoms. The van der Waals surface area contributed by atoms with Crippen molar-refractivity contribution < 1.29 is 9.53 Å². The van der Waals surface area contributed by atoms with Crippen LogP contribution in [0.25, 0.3) is 0 Å². The van der Waals surface area contributed by atoms with Gasteiger partial charge in [-0.25, -0.2) is 4.79 Å². The van der Waals surface area contributed by atoms with Crippen molar-refractivity contribution in [3.05, 3.63) is 51.6 Å². The van der Waals surface area contributed by atoms with Gasteiger partial charge in [-0.15, -0.1) is 0 Å². The lowest BCUT2D eigenvalue weighted by molar-refractivity contribution is 0.0378. The SMILES string of the molecule is CC(C)OC(=O)c1ccc(Nc2ccc(I)cc2)c(N)c1. The van der Waals surface area contributed by atoms with Crippen LogP contribution in [0.3, 0.4) is 0 Å². The molecule has 0 fully saturated rings. The average Bonchev–Trinajstić information content (AvgIpc) is 2.42. The van der Waals surface area contributed by atoms with Gasteiger partial charge in [0.15, 0.2) is 0 Å². The third-order valence-electron chi connectivity index (χ3n) is 2.75. The van der Waals surface area contributed by atoms with Gasteiger partial charge < -0.3 is 15.8 Å². The fourth-order valence-corrected chi connectivity index (χ4v) is 2.13.